The van der Waals surface area contributed by atoms with E-state index in [1.165, 1.54) is 14.9 Å². The molecular weight excluding hydrogens is 296 g/mol. The predicted molar refractivity (Wildman–Crippen MR) is 76.2 cm³/mol. The first kappa shape index (κ1) is 12.7. The topological polar surface area (TPSA) is 24.9 Å². The maximum absolute atomic E-state index is 4.42. The van der Waals surface area contributed by atoms with Crippen LogP contribution in [0.3, 0.4) is 0 Å². The highest BCUT2D eigenvalue weighted by Crippen LogP contribution is 2.22. The van der Waals surface area contributed by atoms with Crippen LogP contribution in [0.4, 0.5) is 0 Å². The number of pyridine rings is 1. The summed E-state index contributed by atoms with van der Waals surface area (Å²) < 4.78 is 1.19. The van der Waals surface area contributed by atoms with E-state index in [-0.39, 0.29) is 0 Å². The summed E-state index contributed by atoms with van der Waals surface area (Å²) in [4.78, 5) is 5.75. The van der Waals surface area contributed by atoms with Crippen molar-refractivity contribution in [1.82, 2.24) is 10.3 Å². The van der Waals surface area contributed by atoms with E-state index in [1.54, 1.807) is 11.3 Å². The second kappa shape index (κ2) is 6.28. The standard InChI is InChI=1S/C13H15BrN2S/c1-2-10-4-3-6-16-12(10)8-15-9-13-11(14)5-7-17-13/h3-7,15H,2,8-9H2,1H3. The van der Waals surface area contributed by atoms with Crippen LogP contribution >= 0.6 is 27.3 Å². The summed E-state index contributed by atoms with van der Waals surface area (Å²) in [5.74, 6) is 0. The third-order valence-corrected chi connectivity index (χ3v) is 4.56. The van der Waals surface area contributed by atoms with Crippen LogP contribution in [0.15, 0.2) is 34.2 Å². The normalized spacial score (nSPS) is 10.7. The number of rotatable bonds is 5. The zero-order valence-corrected chi connectivity index (χ0v) is 12.1. The Bertz CT molecular complexity index is 482. The lowest BCUT2D eigenvalue weighted by Crippen LogP contribution is -2.14. The van der Waals surface area contributed by atoms with E-state index in [0.717, 1.165) is 25.2 Å². The number of thiophene rings is 1. The van der Waals surface area contributed by atoms with Gasteiger partial charge in [0.15, 0.2) is 0 Å². The van der Waals surface area contributed by atoms with Gasteiger partial charge in [-0.2, -0.15) is 0 Å². The van der Waals surface area contributed by atoms with Crippen molar-refractivity contribution in [2.75, 3.05) is 0 Å². The maximum atomic E-state index is 4.42. The Balaban J connectivity index is 1.92. The molecule has 0 bridgehead atoms. The number of nitrogens with one attached hydrogen (secondary N) is 1. The van der Waals surface area contributed by atoms with E-state index in [1.807, 2.05) is 12.3 Å². The molecule has 1 N–H and O–H groups in total. The van der Waals surface area contributed by atoms with Crippen molar-refractivity contribution in [3.8, 4) is 0 Å². The zero-order chi connectivity index (χ0) is 12.1. The van der Waals surface area contributed by atoms with Crippen LogP contribution in [-0.2, 0) is 19.5 Å². The van der Waals surface area contributed by atoms with Crippen molar-refractivity contribution in [2.24, 2.45) is 0 Å². The number of halogens is 1. The van der Waals surface area contributed by atoms with Gasteiger partial charge in [-0.25, -0.2) is 0 Å². The number of aryl methyl sites for hydroxylation is 1. The lowest BCUT2D eigenvalue weighted by Gasteiger charge is -2.07. The second-order valence-electron chi connectivity index (χ2n) is 3.76. The highest BCUT2D eigenvalue weighted by Gasteiger charge is 2.03. The number of hydrogen-bond donors (Lipinski definition) is 1. The Labute approximate surface area is 114 Å². The molecule has 0 aliphatic rings. The Morgan fingerprint density at radius 2 is 2.24 bits per heavy atom. The second-order valence-corrected chi connectivity index (χ2v) is 5.61. The van der Waals surface area contributed by atoms with Gasteiger partial charge < -0.3 is 5.32 Å². The van der Waals surface area contributed by atoms with Crippen LogP contribution in [-0.4, -0.2) is 4.98 Å². The van der Waals surface area contributed by atoms with Crippen molar-refractivity contribution >= 4 is 27.3 Å². The summed E-state index contributed by atoms with van der Waals surface area (Å²) >= 11 is 5.30. The van der Waals surface area contributed by atoms with Gasteiger partial charge >= 0.3 is 0 Å². The molecule has 0 spiro atoms. The highest BCUT2D eigenvalue weighted by atomic mass is 79.9. The molecule has 0 amide bonds. The molecule has 17 heavy (non-hydrogen) atoms. The predicted octanol–water partition coefficient (Wildman–Crippen LogP) is 3.76. The van der Waals surface area contributed by atoms with Crippen molar-refractivity contribution in [1.29, 1.82) is 0 Å². The Hall–Kier alpha value is -0.710. The first-order valence-electron chi connectivity index (χ1n) is 5.66. The third kappa shape index (κ3) is 3.37. The molecule has 0 fully saturated rings. The molecule has 0 aliphatic heterocycles. The van der Waals surface area contributed by atoms with E-state index < -0.39 is 0 Å². The summed E-state index contributed by atoms with van der Waals surface area (Å²) in [6.45, 7) is 3.88. The molecule has 0 aromatic carbocycles. The van der Waals surface area contributed by atoms with Crippen LogP contribution in [0.2, 0.25) is 0 Å². The summed E-state index contributed by atoms with van der Waals surface area (Å²) in [5, 5.41) is 5.53. The number of nitrogens with zero attached hydrogens (tertiary/aromatic N) is 1. The van der Waals surface area contributed by atoms with Gasteiger partial charge in [-0.05, 0) is 45.4 Å². The lowest BCUT2D eigenvalue weighted by molar-refractivity contribution is 0.678. The first-order valence-corrected chi connectivity index (χ1v) is 7.34. The van der Waals surface area contributed by atoms with Gasteiger partial charge in [0.2, 0.25) is 0 Å². The molecule has 2 aromatic rings. The number of aromatic nitrogens is 1. The van der Waals surface area contributed by atoms with Crippen molar-refractivity contribution in [3.63, 3.8) is 0 Å². The average molecular weight is 311 g/mol. The SMILES string of the molecule is CCc1cccnc1CNCc1sccc1Br. The summed E-state index contributed by atoms with van der Waals surface area (Å²) in [5.41, 5.74) is 2.48. The fourth-order valence-corrected chi connectivity index (χ4v) is 3.16. The molecule has 2 nitrogen and oxygen atoms in total. The maximum Gasteiger partial charge on any atom is 0.0573 e. The minimum Gasteiger partial charge on any atom is -0.306 e. The molecule has 2 aromatic heterocycles. The zero-order valence-electron chi connectivity index (χ0n) is 9.74. The molecule has 0 atom stereocenters. The molecule has 2 rings (SSSR count). The van der Waals surface area contributed by atoms with E-state index in [9.17, 15) is 0 Å². The van der Waals surface area contributed by atoms with E-state index >= 15 is 0 Å². The van der Waals surface area contributed by atoms with Crippen LogP contribution < -0.4 is 5.32 Å². The van der Waals surface area contributed by atoms with Crippen molar-refractivity contribution < 1.29 is 0 Å². The van der Waals surface area contributed by atoms with Crippen molar-refractivity contribution in [2.45, 2.75) is 26.4 Å². The highest BCUT2D eigenvalue weighted by molar-refractivity contribution is 9.10. The quantitative estimate of drug-likeness (QED) is 0.909. The summed E-state index contributed by atoms with van der Waals surface area (Å²) in [6.07, 6.45) is 2.89. The van der Waals surface area contributed by atoms with Crippen LogP contribution in [0, 0.1) is 0 Å². The fourth-order valence-electron chi connectivity index (χ4n) is 1.70. The molecule has 0 saturated carbocycles. The number of hydrogen-bond acceptors (Lipinski definition) is 3. The Kier molecular flexibility index (Phi) is 4.71. The van der Waals surface area contributed by atoms with Gasteiger partial charge in [-0.15, -0.1) is 11.3 Å². The molecule has 0 radical (unpaired) electrons. The molecule has 4 heteroatoms. The van der Waals surface area contributed by atoms with Crippen LogP contribution in [0.25, 0.3) is 0 Å². The fraction of sp³-hybridized carbons (Fsp3) is 0.308. The molecule has 0 aliphatic carbocycles. The monoisotopic (exact) mass is 310 g/mol. The summed E-state index contributed by atoms with van der Waals surface area (Å²) in [7, 11) is 0. The van der Waals surface area contributed by atoms with Crippen molar-refractivity contribution in [3.05, 3.63) is 50.4 Å². The van der Waals surface area contributed by atoms with Gasteiger partial charge in [0.1, 0.15) is 0 Å². The minimum atomic E-state index is 0.828. The Morgan fingerprint density at radius 1 is 1.35 bits per heavy atom. The molecule has 0 unspecified atom stereocenters. The van der Waals surface area contributed by atoms with Gasteiger partial charge in [0, 0.05) is 28.6 Å². The van der Waals surface area contributed by atoms with Crippen LogP contribution in [0.5, 0.6) is 0 Å². The van der Waals surface area contributed by atoms with Gasteiger partial charge in [0.05, 0.1) is 5.69 Å². The molecular formula is C13H15BrN2S. The lowest BCUT2D eigenvalue weighted by atomic mass is 10.1. The molecule has 2 heterocycles. The third-order valence-electron chi connectivity index (χ3n) is 2.63. The minimum absolute atomic E-state index is 0.828. The van der Waals surface area contributed by atoms with Gasteiger partial charge in [0.25, 0.3) is 0 Å². The van der Waals surface area contributed by atoms with E-state index in [0.29, 0.717) is 0 Å². The van der Waals surface area contributed by atoms with Gasteiger partial charge in [-0.1, -0.05) is 13.0 Å². The average Bonchev–Trinajstić information content (AvgIpc) is 2.76. The smallest absolute Gasteiger partial charge is 0.0573 e. The van der Waals surface area contributed by atoms with Crippen LogP contribution in [0.1, 0.15) is 23.1 Å². The summed E-state index contributed by atoms with van der Waals surface area (Å²) in [6, 6.07) is 6.23. The largest absolute Gasteiger partial charge is 0.306 e. The van der Waals surface area contributed by atoms with E-state index in [2.05, 4.69) is 50.7 Å². The Morgan fingerprint density at radius 3 is 2.94 bits per heavy atom. The molecule has 0 saturated heterocycles. The first-order chi connectivity index (χ1) is 8.31. The van der Waals surface area contributed by atoms with Gasteiger partial charge in [-0.3, -0.25) is 4.98 Å². The molecule has 90 valence electrons. The van der Waals surface area contributed by atoms with E-state index in [4.69, 9.17) is 0 Å².